The topological polar surface area (TPSA) is 57.6 Å². The SMILES string of the molecule is Cc1c(Br)cccc1C(=O)N1CC(C)CC(C(=O)O)C1. The maximum atomic E-state index is 12.6. The number of carboxylic acids is 1. The van der Waals surface area contributed by atoms with Crippen LogP contribution in [0.5, 0.6) is 0 Å². The molecule has 1 amide bonds. The second kappa shape index (κ2) is 5.95. The molecule has 1 aromatic carbocycles. The van der Waals surface area contributed by atoms with Gasteiger partial charge < -0.3 is 10.0 Å². The van der Waals surface area contributed by atoms with E-state index >= 15 is 0 Å². The molecule has 5 heteroatoms. The Morgan fingerprint density at radius 3 is 2.70 bits per heavy atom. The van der Waals surface area contributed by atoms with Crippen LogP contribution in [-0.4, -0.2) is 35.0 Å². The number of amides is 1. The highest BCUT2D eigenvalue weighted by Crippen LogP contribution is 2.26. The quantitative estimate of drug-likeness (QED) is 0.901. The van der Waals surface area contributed by atoms with Gasteiger partial charge in [0.15, 0.2) is 0 Å². The minimum atomic E-state index is -0.819. The van der Waals surface area contributed by atoms with Gasteiger partial charge in [-0.2, -0.15) is 0 Å². The van der Waals surface area contributed by atoms with Crippen molar-refractivity contribution in [1.29, 1.82) is 0 Å². The van der Waals surface area contributed by atoms with Gasteiger partial charge in [0.05, 0.1) is 5.92 Å². The zero-order valence-corrected chi connectivity index (χ0v) is 13.2. The Morgan fingerprint density at radius 1 is 1.35 bits per heavy atom. The van der Waals surface area contributed by atoms with Gasteiger partial charge in [-0.15, -0.1) is 0 Å². The van der Waals surface area contributed by atoms with E-state index in [4.69, 9.17) is 0 Å². The van der Waals surface area contributed by atoms with E-state index < -0.39 is 11.9 Å². The molecule has 1 N–H and O–H groups in total. The van der Waals surface area contributed by atoms with Crippen LogP contribution in [-0.2, 0) is 4.79 Å². The number of likely N-dealkylation sites (tertiary alicyclic amines) is 1. The Hall–Kier alpha value is -1.36. The third-order valence-corrected chi connectivity index (χ3v) is 4.65. The lowest BCUT2D eigenvalue weighted by Crippen LogP contribution is -2.45. The Bertz CT molecular complexity index is 544. The number of halogens is 1. The van der Waals surface area contributed by atoms with E-state index in [9.17, 15) is 14.7 Å². The van der Waals surface area contributed by atoms with E-state index in [0.717, 1.165) is 10.0 Å². The fraction of sp³-hybridized carbons (Fsp3) is 0.467. The smallest absolute Gasteiger partial charge is 0.308 e. The predicted molar refractivity (Wildman–Crippen MR) is 79.7 cm³/mol. The Labute approximate surface area is 126 Å². The predicted octanol–water partition coefficient (Wildman–Crippen LogP) is 2.94. The molecular weight excluding hydrogens is 322 g/mol. The van der Waals surface area contributed by atoms with Crippen molar-refractivity contribution in [3.05, 3.63) is 33.8 Å². The van der Waals surface area contributed by atoms with E-state index in [1.54, 1.807) is 11.0 Å². The number of carbonyl (C=O) groups is 2. The molecule has 1 aromatic rings. The second-order valence-electron chi connectivity index (χ2n) is 5.50. The van der Waals surface area contributed by atoms with Crippen molar-refractivity contribution < 1.29 is 14.7 Å². The van der Waals surface area contributed by atoms with Gasteiger partial charge in [0, 0.05) is 23.1 Å². The van der Waals surface area contributed by atoms with Crippen LogP contribution in [0.4, 0.5) is 0 Å². The molecule has 2 unspecified atom stereocenters. The molecule has 0 aromatic heterocycles. The van der Waals surface area contributed by atoms with E-state index in [0.29, 0.717) is 25.1 Å². The first-order valence-corrected chi connectivity index (χ1v) is 7.46. The number of carbonyl (C=O) groups excluding carboxylic acids is 1. The van der Waals surface area contributed by atoms with Crippen LogP contribution in [0, 0.1) is 18.8 Å². The summed E-state index contributed by atoms with van der Waals surface area (Å²) in [6.07, 6.45) is 0.635. The maximum absolute atomic E-state index is 12.6. The molecule has 1 aliphatic heterocycles. The first kappa shape index (κ1) is 15.0. The van der Waals surface area contributed by atoms with Gasteiger partial charge in [-0.25, -0.2) is 0 Å². The molecule has 1 saturated heterocycles. The van der Waals surface area contributed by atoms with Crippen LogP contribution in [0.25, 0.3) is 0 Å². The highest BCUT2D eigenvalue weighted by atomic mass is 79.9. The summed E-state index contributed by atoms with van der Waals surface area (Å²) < 4.78 is 0.892. The lowest BCUT2D eigenvalue weighted by atomic mass is 9.90. The molecule has 1 fully saturated rings. The molecular formula is C15H18BrNO3. The number of benzene rings is 1. The lowest BCUT2D eigenvalue weighted by molar-refractivity contribution is -0.143. The number of aliphatic carboxylic acids is 1. The molecule has 2 rings (SSSR count). The van der Waals surface area contributed by atoms with Crippen molar-refractivity contribution in [2.24, 2.45) is 11.8 Å². The van der Waals surface area contributed by atoms with Gasteiger partial charge in [-0.05, 0) is 37.0 Å². The summed E-state index contributed by atoms with van der Waals surface area (Å²) in [4.78, 5) is 25.4. The summed E-state index contributed by atoms with van der Waals surface area (Å²) in [5, 5.41) is 9.18. The van der Waals surface area contributed by atoms with Crippen molar-refractivity contribution >= 4 is 27.8 Å². The molecule has 20 heavy (non-hydrogen) atoms. The highest BCUT2D eigenvalue weighted by molar-refractivity contribution is 9.10. The zero-order chi connectivity index (χ0) is 14.9. The number of hydrogen-bond acceptors (Lipinski definition) is 2. The average molecular weight is 340 g/mol. The van der Waals surface area contributed by atoms with E-state index in [1.807, 2.05) is 26.0 Å². The van der Waals surface area contributed by atoms with Gasteiger partial charge in [-0.3, -0.25) is 9.59 Å². The zero-order valence-electron chi connectivity index (χ0n) is 11.6. The van der Waals surface area contributed by atoms with Gasteiger partial charge in [0.1, 0.15) is 0 Å². The lowest BCUT2D eigenvalue weighted by Gasteiger charge is -2.35. The first-order valence-electron chi connectivity index (χ1n) is 6.67. The van der Waals surface area contributed by atoms with Crippen LogP contribution >= 0.6 is 15.9 Å². The molecule has 0 radical (unpaired) electrons. The van der Waals surface area contributed by atoms with Crippen molar-refractivity contribution in [2.75, 3.05) is 13.1 Å². The van der Waals surface area contributed by atoms with Crippen molar-refractivity contribution in [3.8, 4) is 0 Å². The third-order valence-electron chi connectivity index (χ3n) is 3.79. The number of carboxylic acid groups (broad SMARTS) is 1. The van der Waals surface area contributed by atoms with Crippen molar-refractivity contribution in [1.82, 2.24) is 4.90 Å². The molecule has 1 aliphatic rings. The largest absolute Gasteiger partial charge is 0.481 e. The summed E-state index contributed by atoms with van der Waals surface area (Å²) in [6, 6.07) is 5.51. The van der Waals surface area contributed by atoms with E-state index in [-0.39, 0.29) is 11.8 Å². The van der Waals surface area contributed by atoms with Gasteiger partial charge in [0.2, 0.25) is 0 Å². The number of nitrogens with zero attached hydrogens (tertiary/aromatic N) is 1. The second-order valence-corrected chi connectivity index (χ2v) is 6.35. The number of hydrogen-bond donors (Lipinski definition) is 1. The van der Waals surface area contributed by atoms with E-state index in [2.05, 4.69) is 15.9 Å². The molecule has 1 heterocycles. The molecule has 0 bridgehead atoms. The number of rotatable bonds is 2. The first-order chi connectivity index (χ1) is 9.40. The summed E-state index contributed by atoms with van der Waals surface area (Å²) >= 11 is 3.42. The Kier molecular flexibility index (Phi) is 4.48. The fourth-order valence-electron chi connectivity index (χ4n) is 2.71. The molecule has 108 valence electrons. The molecule has 0 aliphatic carbocycles. The van der Waals surface area contributed by atoms with Crippen LogP contribution in [0.3, 0.4) is 0 Å². The Balaban J connectivity index is 2.24. The van der Waals surface area contributed by atoms with Crippen LogP contribution < -0.4 is 0 Å². The molecule has 0 saturated carbocycles. The third kappa shape index (κ3) is 3.03. The summed E-state index contributed by atoms with van der Waals surface area (Å²) in [7, 11) is 0. The molecule has 2 atom stereocenters. The summed E-state index contributed by atoms with van der Waals surface area (Å²) in [5.41, 5.74) is 1.53. The van der Waals surface area contributed by atoms with Gasteiger partial charge >= 0.3 is 5.97 Å². The van der Waals surface area contributed by atoms with Crippen LogP contribution in [0.15, 0.2) is 22.7 Å². The minimum Gasteiger partial charge on any atom is -0.481 e. The fourth-order valence-corrected chi connectivity index (χ4v) is 3.07. The maximum Gasteiger partial charge on any atom is 0.308 e. The van der Waals surface area contributed by atoms with Crippen LogP contribution in [0.2, 0.25) is 0 Å². The Morgan fingerprint density at radius 2 is 2.05 bits per heavy atom. The number of piperidine rings is 1. The highest BCUT2D eigenvalue weighted by Gasteiger charge is 2.32. The molecule has 0 spiro atoms. The van der Waals surface area contributed by atoms with Gasteiger partial charge in [-0.1, -0.05) is 28.9 Å². The standard InChI is InChI=1S/C15H18BrNO3/c1-9-6-11(15(19)20)8-17(7-9)14(18)12-4-3-5-13(16)10(12)2/h3-5,9,11H,6-8H2,1-2H3,(H,19,20). The van der Waals surface area contributed by atoms with Crippen molar-refractivity contribution in [3.63, 3.8) is 0 Å². The normalized spacial score (nSPS) is 22.6. The summed E-state index contributed by atoms with van der Waals surface area (Å²) in [5.74, 6) is -1.15. The molecule has 4 nitrogen and oxygen atoms in total. The van der Waals surface area contributed by atoms with Crippen LogP contribution in [0.1, 0.15) is 29.3 Å². The van der Waals surface area contributed by atoms with Crippen molar-refractivity contribution in [2.45, 2.75) is 20.3 Å². The average Bonchev–Trinajstić information content (AvgIpc) is 2.40. The minimum absolute atomic E-state index is 0.0819. The van der Waals surface area contributed by atoms with Gasteiger partial charge in [0.25, 0.3) is 5.91 Å². The van der Waals surface area contributed by atoms with E-state index in [1.165, 1.54) is 0 Å². The summed E-state index contributed by atoms with van der Waals surface area (Å²) in [6.45, 7) is 4.79. The monoisotopic (exact) mass is 339 g/mol.